The van der Waals surface area contributed by atoms with Crippen LogP contribution in [0.5, 0.6) is 11.5 Å². The Labute approximate surface area is 171 Å². The van der Waals surface area contributed by atoms with Gasteiger partial charge in [0.2, 0.25) is 5.91 Å². The molecule has 0 radical (unpaired) electrons. The summed E-state index contributed by atoms with van der Waals surface area (Å²) in [6.45, 7) is 6.38. The molecule has 1 aliphatic rings. The predicted molar refractivity (Wildman–Crippen MR) is 114 cm³/mol. The number of urea groups is 1. The normalized spacial score (nSPS) is 12.9. The van der Waals surface area contributed by atoms with Crippen LogP contribution in [0, 0.1) is 5.41 Å². The zero-order chi connectivity index (χ0) is 21.2. The molecular formula is C22H27N3O4. The molecule has 0 aliphatic carbocycles. The van der Waals surface area contributed by atoms with E-state index in [4.69, 9.17) is 9.47 Å². The first kappa shape index (κ1) is 20.5. The number of hydrogen-bond donors (Lipinski definition) is 2. The molecular weight excluding hydrogens is 370 g/mol. The van der Waals surface area contributed by atoms with E-state index in [2.05, 4.69) is 10.6 Å². The second-order valence-electron chi connectivity index (χ2n) is 7.92. The van der Waals surface area contributed by atoms with Crippen molar-refractivity contribution in [2.24, 2.45) is 5.41 Å². The van der Waals surface area contributed by atoms with Crippen molar-refractivity contribution in [3.63, 3.8) is 0 Å². The summed E-state index contributed by atoms with van der Waals surface area (Å²) >= 11 is 0. The van der Waals surface area contributed by atoms with Crippen molar-refractivity contribution in [1.82, 2.24) is 0 Å². The number of methoxy groups -OCH3 is 2. The number of fused-ring (bicyclic) bond motifs is 1. The molecule has 7 nitrogen and oxygen atoms in total. The summed E-state index contributed by atoms with van der Waals surface area (Å²) in [5.74, 6) is 1.04. The van der Waals surface area contributed by atoms with Gasteiger partial charge in [-0.25, -0.2) is 4.79 Å². The van der Waals surface area contributed by atoms with Gasteiger partial charge in [0.05, 0.1) is 19.9 Å². The van der Waals surface area contributed by atoms with Gasteiger partial charge < -0.3 is 25.0 Å². The van der Waals surface area contributed by atoms with Crippen molar-refractivity contribution in [3.05, 3.63) is 42.0 Å². The highest BCUT2D eigenvalue weighted by molar-refractivity contribution is 6.03. The molecule has 0 spiro atoms. The summed E-state index contributed by atoms with van der Waals surface area (Å²) in [7, 11) is 3.05. The molecule has 0 bridgehead atoms. The Kier molecular flexibility index (Phi) is 5.68. The zero-order valence-electron chi connectivity index (χ0n) is 17.5. The van der Waals surface area contributed by atoms with Gasteiger partial charge in [0.1, 0.15) is 0 Å². The molecule has 2 aromatic carbocycles. The third-order valence-electron chi connectivity index (χ3n) is 4.78. The maximum Gasteiger partial charge on any atom is 0.323 e. The Bertz CT molecular complexity index is 934. The van der Waals surface area contributed by atoms with E-state index in [9.17, 15) is 9.59 Å². The lowest BCUT2D eigenvalue weighted by Crippen LogP contribution is -2.38. The van der Waals surface area contributed by atoms with Crippen molar-refractivity contribution >= 4 is 29.0 Å². The zero-order valence-corrected chi connectivity index (χ0v) is 17.5. The van der Waals surface area contributed by atoms with E-state index in [0.29, 0.717) is 29.4 Å². The van der Waals surface area contributed by atoms with Gasteiger partial charge in [0.25, 0.3) is 0 Å². The van der Waals surface area contributed by atoms with Crippen LogP contribution in [-0.4, -0.2) is 32.7 Å². The average Bonchev–Trinajstić information content (AvgIpc) is 3.09. The first-order valence-electron chi connectivity index (χ1n) is 9.48. The highest BCUT2D eigenvalue weighted by Crippen LogP contribution is 2.36. The van der Waals surface area contributed by atoms with Crippen molar-refractivity contribution in [1.29, 1.82) is 0 Å². The topological polar surface area (TPSA) is 79.9 Å². The quantitative estimate of drug-likeness (QED) is 0.807. The Morgan fingerprint density at radius 1 is 1.03 bits per heavy atom. The minimum absolute atomic E-state index is 0.0685. The molecule has 2 aromatic rings. The van der Waals surface area contributed by atoms with Gasteiger partial charge in [0, 0.05) is 23.3 Å². The third-order valence-corrected chi connectivity index (χ3v) is 4.78. The molecule has 1 heterocycles. The second-order valence-corrected chi connectivity index (χ2v) is 7.92. The molecule has 0 atom stereocenters. The molecule has 2 N–H and O–H groups in total. The van der Waals surface area contributed by atoms with Gasteiger partial charge in [0.15, 0.2) is 11.5 Å². The van der Waals surface area contributed by atoms with E-state index < -0.39 is 11.4 Å². The predicted octanol–water partition coefficient (Wildman–Crippen LogP) is 4.28. The van der Waals surface area contributed by atoms with Crippen LogP contribution >= 0.6 is 0 Å². The average molecular weight is 397 g/mol. The minimum atomic E-state index is -0.467. The Morgan fingerprint density at radius 2 is 1.79 bits per heavy atom. The number of hydrogen-bond acceptors (Lipinski definition) is 4. The first-order chi connectivity index (χ1) is 13.7. The van der Waals surface area contributed by atoms with Crippen LogP contribution < -0.4 is 25.0 Å². The smallest absolute Gasteiger partial charge is 0.323 e. The van der Waals surface area contributed by atoms with Crippen molar-refractivity contribution in [2.75, 3.05) is 36.3 Å². The molecule has 3 amide bonds. The van der Waals surface area contributed by atoms with E-state index in [1.54, 1.807) is 23.1 Å². The van der Waals surface area contributed by atoms with Gasteiger partial charge in [-0.3, -0.25) is 4.79 Å². The SMILES string of the molecule is COc1cccc(NC(=O)Nc2ccc3c(c2)N(C(=O)C(C)(C)C)CC3)c1OC. The monoisotopic (exact) mass is 397 g/mol. The van der Waals surface area contributed by atoms with Crippen LogP contribution in [0.1, 0.15) is 26.3 Å². The van der Waals surface area contributed by atoms with Crippen LogP contribution in [-0.2, 0) is 11.2 Å². The summed E-state index contributed by atoms with van der Waals surface area (Å²) in [5, 5.41) is 5.60. The number of rotatable bonds is 4. The fourth-order valence-electron chi connectivity index (χ4n) is 3.34. The molecule has 29 heavy (non-hydrogen) atoms. The van der Waals surface area contributed by atoms with Crippen molar-refractivity contribution < 1.29 is 19.1 Å². The second kappa shape index (κ2) is 8.03. The molecule has 7 heteroatoms. The lowest BCUT2D eigenvalue weighted by atomic mass is 9.94. The fourth-order valence-corrected chi connectivity index (χ4v) is 3.34. The maximum absolute atomic E-state index is 12.7. The molecule has 0 unspecified atom stereocenters. The first-order valence-corrected chi connectivity index (χ1v) is 9.48. The van der Waals surface area contributed by atoms with Gasteiger partial charge in [-0.2, -0.15) is 0 Å². The van der Waals surface area contributed by atoms with E-state index in [1.807, 2.05) is 39.0 Å². The van der Waals surface area contributed by atoms with E-state index in [1.165, 1.54) is 14.2 Å². The van der Waals surface area contributed by atoms with Crippen molar-refractivity contribution in [2.45, 2.75) is 27.2 Å². The lowest BCUT2D eigenvalue weighted by Gasteiger charge is -2.26. The lowest BCUT2D eigenvalue weighted by molar-refractivity contribution is -0.125. The largest absolute Gasteiger partial charge is 0.493 e. The molecule has 154 valence electrons. The van der Waals surface area contributed by atoms with E-state index >= 15 is 0 Å². The number of ether oxygens (including phenoxy) is 2. The summed E-state index contributed by atoms with van der Waals surface area (Å²) in [5.41, 5.74) is 2.59. The molecule has 3 rings (SSSR count). The van der Waals surface area contributed by atoms with Crippen LogP contribution in [0.2, 0.25) is 0 Å². The summed E-state index contributed by atoms with van der Waals surface area (Å²) in [4.78, 5) is 27.1. The Balaban J connectivity index is 1.77. The number of carbonyl (C=O) groups excluding carboxylic acids is 2. The fraction of sp³-hybridized carbons (Fsp3) is 0.364. The highest BCUT2D eigenvalue weighted by atomic mass is 16.5. The summed E-state index contributed by atoms with van der Waals surface area (Å²) in [6, 6.07) is 10.5. The maximum atomic E-state index is 12.7. The third kappa shape index (κ3) is 4.29. The number of nitrogens with one attached hydrogen (secondary N) is 2. The highest BCUT2D eigenvalue weighted by Gasteiger charge is 2.32. The molecule has 0 saturated heterocycles. The van der Waals surface area contributed by atoms with E-state index in [0.717, 1.165) is 17.7 Å². The molecule has 1 aliphatic heterocycles. The Morgan fingerprint density at radius 3 is 2.45 bits per heavy atom. The number of benzene rings is 2. The van der Waals surface area contributed by atoms with Gasteiger partial charge in [-0.15, -0.1) is 0 Å². The van der Waals surface area contributed by atoms with E-state index in [-0.39, 0.29) is 5.91 Å². The van der Waals surface area contributed by atoms with Gasteiger partial charge in [-0.05, 0) is 36.2 Å². The standard InChI is InChI=1S/C22H27N3O4/c1-22(2,3)20(26)25-12-11-14-9-10-15(13-17(14)25)23-21(27)24-16-7-6-8-18(28-4)19(16)29-5/h6-10,13H,11-12H2,1-5H3,(H2,23,24,27). The number of nitrogens with zero attached hydrogens (tertiary/aromatic N) is 1. The van der Waals surface area contributed by atoms with Crippen LogP contribution in [0.15, 0.2) is 36.4 Å². The van der Waals surface area contributed by atoms with Gasteiger partial charge in [-0.1, -0.05) is 32.9 Å². The van der Waals surface area contributed by atoms with Crippen LogP contribution in [0.25, 0.3) is 0 Å². The number of carbonyl (C=O) groups is 2. The summed E-state index contributed by atoms with van der Waals surface area (Å²) < 4.78 is 10.6. The molecule has 0 fully saturated rings. The summed E-state index contributed by atoms with van der Waals surface area (Å²) in [6.07, 6.45) is 0.810. The minimum Gasteiger partial charge on any atom is -0.493 e. The van der Waals surface area contributed by atoms with Crippen LogP contribution in [0.4, 0.5) is 21.9 Å². The molecule has 0 aromatic heterocycles. The number of amides is 3. The van der Waals surface area contributed by atoms with Crippen molar-refractivity contribution in [3.8, 4) is 11.5 Å². The Hall–Kier alpha value is -3.22. The number of para-hydroxylation sites is 1. The van der Waals surface area contributed by atoms with Gasteiger partial charge >= 0.3 is 6.03 Å². The van der Waals surface area contributed by atoms with Crippen LogP contribution in [0.3, 0.4) is 0 Å². The molecule has 0 saturated carbocycles. The number of anilines is 3.